The van der Waals surface area contributed by atoms with Gasteiger partial charge in [-0.2, -0.15) is 8.42 Å². The van der Waals surface area contributed by atoms with Gasteiger partial charge in [-0.1, -0.05) is 12.1 Å². The molecule has 3 aromatic carbocycles. The van der Waals surface area contributed by atoms with E-state index < -0.39 is 33.6 Å². The number of benzene rings is 3. The molecule has 3 aromatic rings. The molecule has 0 aromatic heterocycles. The van der Waals surface area contributed by atoms with E-state index in [0.717, 1.165) is 36.4 Å². The normalized spacial score (nSPS) is 11.3. The van der Waals surface area contributed by atoms with E-state index in [4.69, 9.17) is 4.18 Å². The van der Waals surface area contributed by atoms with Gasteiger partial charge in [-0.3, -0.25) is 0 Å². The van der Waals surface area contributed by atoms with Crippen molar-refractivity contribution in [1.29, 1.82) is 0 Å². The molecule has 6 nitrogen and oxygen atoms in total. The molecule has 0 fully saturated rings. The van der Waals surface area contributed by atoms with E-state index in [0.29, 0.717) is 5.56 Å². The van der Waals surface area contributed by atoms with Gasteiger partial charge in [-0.25, -0.2) is 18.0 Å². The number of carbonyl (C=O) groups is 1. The first kappa shape index (κ1) is 24.1. The van der Waals surface area contributed by atoms with Crippen molar-refractivity contribution in [3.63, 3.8) is 0 Å². The summed E-state index contributed by atoms with van der Waals surface area (Å²) in [6.07, 6.45) is 0. The summed E-state index contributed by atoms with van der Waals surface area (Å²) < 4.78 is 69.7. The Morgan fingerprint density at radius 3 is 2.30 bits per heavy atom. The van der Waals surface area contributed by atoms with Crippen molar-refractivity contribution in [3.8, 4) is 5.75 Å². The lowest BCUT2D eigenvalue weighted by Gasteiger charge is -2.27. The van der Waals surface area contributed by atoms with Gasteiger partial charge in [0.1, 0.15) is 16.5 Å². The second-order valence-electron chi connectivity index (χ2n) is 7.42. The molecule has 0 spiro atoms. The number of hydrogen-bond acceptors (Lipinski definition) is 4. The van der Waals surface area contributed by atoms with Gasteiger partial charge < -0.3 is 14.4 Å². The van der Waals surface area contributed by atoms with Gasteiger partial charge in [0.05, 0.1) is 0 Å². The summed E-state index contributed by atoms with van der Waals surface area (Å²) in [4.78, 5) is 13.9. The van der Waals surface area contributed by atoms with Crippen LogP contribution < -0.4 is 9.50 Å². The molecule has 3 rings (SSSR count). The van der Waals surface area contributed by atoms with E-state index in [1.807, 2.05) is 0 Å². The molecular weight excluding hydrogens is 457 g/mol. The molecule has 0 unspecified atom stereocenters. The lowest BCUT2D eigenvalue weighted by molar-refractivity contribution is 0.193. The maximum absolute atomic E-state index is 13.4. The molecule has 0 bridgehead atoms. The first-order chi connectivity index (χ1) is 15.5. The monoisotopic (exact) mass is 478 g/mol. The minimum absolute atomic E-state index is 0.0153. The summed E-state index contributed by atoms with van der Waals surface area (Å²) >= 11 is 0. The quantitative estimate of drug-likeness (QED) is 0.467. The van der Waals surface area contributed by atoms with Crippen LogP contribution in [0.2, 0.25) is 0 Å². The molecule has 0 heterocycles. The van der Waals surface area contributed by atoms with Gasteiger partial charge >= 0.3 is 16.1 Å². The number of rotatable bonds is 7. The lowest BCUT2D eigenvalue weighted by Crippen LogP contribution is -2.39. The topological polar surface area (TPSA) is 75.7 Å². The third-order valence-electron chi connectivity index (χ3n) is 4.61. The van der Waals surface area contributed by atoms with Crippen LogP contribution in [0.5, 0.6) is 5.75 Å². The van der Waals surface area contributed by atoms with Crippen molar-refractivity contribution < 1.29 is 30.6 Å². The average molecular weight is 478 g/mol. The number of hydrogen-bond donors (Lipinski definition) is 1. The second-order valence-corrected chi connectivity index (χ2v) is 8.97. The van der Waals surface area contributed by atoms with Gasteiger partial charge in [-0.05, 0) is 67.9 Å². The highest BCUT2D eigenvalue weighted by atomic mass is 32.2. The van der Waals surface area contributed by atoms with Crippen LogP contribution in [0.3, 0.4) is 0 Å². The van der Waals surface area contributed by atoms with Crippen molar-refractivity contribution in [2.45, 2.75) is 31.3 Å². The highest BCUT2D eigenvalue weighted by Crippen LogP contribution is 2.22. The van der Waals surface area contributed by atoms with Crippen molar-refractivity contribution in [3.05, 3.63) is 89.7 Å². The van der Waals surface area contributed by atoms with Crippen molar-refractivity contribution in [2.75, 3.05) is 5.32 Å². The lowest BCUT2D eigenvalue weighted by atomic mass is 10.2. The maximum Gasteiger partial charge on any atom is 0.339 e. The molecule has 0 atom stereocenters. The van der Waals surface area contributed by atoms with E-state index in [1.54, 1.807) is 26.0 Å². The predicted octanol–water partition coefficient (Wildman–Crippen LogP) is 5.31. The Bertz CT molecular complexity index is 1250. The fraction of sp³-hybridized carbons (Fsp3) is 0.174. The molecule has 10 heteroatoms. The Morgan fingerprint density at radius 1 is 0.970 bits per heavy atom. The fourth-order valence-electron chi connectivity index (χ4n) is 2.93. The summed E-state index contributed by atoms with van der Waals surface area (Å²) in [5.74, 6) is -2.68. The molecule has 33 heavy (non-hydrogen) atoms. The first-order valence-corrected chi connectivity index (χ1v) is 11.3. The molecule has 0 aliphatic heterocycles. The molecule has 2 amide bonds. The summed E-state index contributed by atoms with van der Waals surface area (Å²) in [5, 5.41) is 2.51. The van der Waals surface area contributed by atoms with Crippen molar-refractivity contribution >= 4 is 21.8 Å². The van der Waals surface area contributed by atoms with Crippen molar-refractivity contribution in [2.24, 2.45) is 0 Å². The minimum Gasteiger partial charge on any atom is -0.379 e. The molecule has 0 aliphatic carbocycles. The molecule has 0 saturated heterocycles. The molecule has 0 radical (unpaired) electrons. The standard InChI is InChI=1S/C23H21F3N2O4S/c1-15(2)28(23(29)27-18-8-11-21(25)22(26)13-18)14-16-4-3-5-19(12-16)32-33(30,31)20-9-6-17(24)7-10-20/h3-13,15H,14H2,1-2H3,(H,27,29). The Kier molecular flexibility index (Phi) is 7.27. The Morgan fingerprint density at radius 2 is 1.67 bits per heavy atom. The van der Waals surface area contributed by atoms with E-state index in [-0.39, 0.29) is 28.9 Å². The SMILES string of the molecule is CC(C)N(Cc1cccc(OS(=O)(=O)c2ccc(F)cc2)c1)C(=O)Nc1ccc(F)c(F)c1. The third kappa shape index (κ3) is 6.26. The number of nitrogens with zero attached hydrogens (tertiary/aromatic N) is 1. The number of nitrogens with one attached hydrogen (secondary N) is 1. The van der Waals surface area contributed by atoms with Gasteiger partial charge in [0.15, 0.2) is 11.6 Å². The summed E-state index contributed by atoms with van der Waals surface area (Å²) in [7, 11) is -4.18. The van der Waals surface area contributed by atoms with Crippen molar-refractivity contribution in [1.82, 2.24) is 4.90 Å². The van der Waals surface area contributed by atoms with Gasteiger partial charge in [0.2, 0.25) is 0 Å². The first-order valence-electron chi connectivity index (χ1n) is 9.87. The zero-order valence-corrected chi connectivity index (χ0v) is 18.6. The molecule has 0 aliphatic rings. The third-order valence-corrected chi connectivity index (χ3v) is 5.88. The molecule has 1 N–H and O–H groups in total. The van der Waals surface area contributed by atoms with Crippen LogP contribution >= 0.6 is 0 Å². The highest BCUT2D eigenvalue weighted by molar-refractivity contribution is 7.87. The van der Waals surface area contributed by atoms with Gasteiger partial charge in [-0.15, -0.1) is 0 Å². The molecular formula is C23H21F3N2O4S. The highest BCUT2D eigenvalue weighted by Gasteiger charge is 2.20. The van der Waals surface area contributed by atoms with E-state index in [9.17, 15) is 26.4 Å². The van der Waals surface area contributed by atoms with Crippen LogP contribution in [0.15, 0.2) is 71.6 Å². The number of anilines is 1. The van der Waals surface area contributed by atoms with E-state index >= 15 is 0 Å². The Balaban J connectivity index is 1.75. The maximum atomic E-state index is 13.4. The predicted molar refractivity (Wildman–Crippen MR) is 117 cm³/mol. The van der Waals surface area contributed by atoms with Crippen LogP contribution in [0.25, 0.3) is 0 Å². The smallest absolute Gasteiger partial charge is 0.339 e. The largest absolute Gasteiger partial charge is 0.379 e. The van der Waals surface area contributed by atoms with Crippen LogP contribution in [0, 0.1) is 17.5 Å². The molecule has 174 valence electrons. The second kappa shape index (κ2) is 9.95. The summed E-state index contributed by atoms with van der Waals surface area (Å²) in [6, 6.07) is 12.6. The number of carbonyl (C=O) groups excluding carboxylic acids is 1. The van der Waals surface area contributed by atoms with Crippen LogP contribution in [-0.2, 0) is 16.7 Å². The number of urea groups is 1. The van der Waals surface area contributed by atoms with E-state index in [1.165, 1.54) is 23.1 Å². The fourth-order valence-corrected chi connectivity index (χ4v) is 3.85. The van der Waals surface area contributed by atoms with Crippen LogP contribution in [0.1, 0.15) is 19.4 Å². The number of amides is 2. The van der Waals surface area contributed by atoms with E-state index in [2.05, 4.69) is 5.32 Å². The Labute approximate surface area is 189 Å². The van der Waals surface area contributed by atoms with Crippen LogP contribution in [0.4, 0.5) is 23.7 Å². The minimum atomic E-state index is -4.18. The van der Waals surface area contributed by atoms with Crippen LogP contribution in [-0.4, -0.2) is 25.4 Å². The summed E-state index contributed by atoms with van der Waals surface area (Å²) in [6.45, 7) is 3.62. The summed E-state index contributed by atoms with van der Waals surface area (Å²) in [5.41, 5.74) is 0.656. The zero-order chi connectivity index (χ0) is 24.2. The zero-order valence-electron chi connectivity index (χ0n) is 17.8. The average Bonchev–Trinajstić information content (AvgIpc) is 2.74. The van der Waals surface area contributed by atoms with Gasteiger partial charge in [0.25, 0.3) is 0 Å². The number of halogens is 3. The van der Waals surface area contributed by atoms with Gasteiger partial charge in [0, 0.05) is 24.3 Å². The Hall–Kier alpha value is -3.53. The molecule has 0 saturated carbocycles.